The minimum Gasteiger partial charge on any atom is -0.363 e. The van der Waals surface area contributed by atoms with E-state index in [1.807, 2.05) is 79.0 Å². The molecule has 8 nitrogen and oxygen atoms in total. The number of benzene rings is 4. The molecule has 8 heteroatoms. The number of para-hydroxylation sites is 1. The molecule has 2 aliphatic heterocycles. The summed E-state index contributed by atoms with van der Waals surface area (Å²) < 4.78 is 0. The number of aromatic amines is 1. The molecule has 46 heavy (non-hydrogen) atoms. The number of amidine groups is 1. The van der Waals surface area contributed by atoms with E-state index in [4.69, 9.17) is 4.99 Å². The Morgan fingerprint density at radius 3 is 2.50 bits per heavy atom. The van der Waals surface area contributed by atoms with Crippen molar-refractivity contribution in [3.63, 3.8) is 0 Å². The topological polar surface area (TPSA) is 110 Å². The molecule has 2 atom stereocenters. The minimum absolute atomic E-state index is 0.0193. The van der Waals surface area contributed by atoms with Gasteiger partial charge in [-0.15, -0.1) is 0 Å². The molecule has 2 amide bonds. The van der Waals surface area contributed by atoms with Crippen LogP contribution in [-0.4, -0.2) is 48.3 Å². The van der Waals surface area contributed by atoms with Gasteiger partial charge < -0.3 is 26.3 Å². The second-order valence-corrected chi connectivity index (χ2v) is 12.1. The number of hydrogen-bond donors (Lipinski definition) is 5. The first-order valence-electron chi connectivity index (χ1n) is 16.0. The molecule has 2 aliphatic rings. The molecule has 0 spiro atoms. The maximum Gasteiger partial charge on any atom is 0.268 e. The van der Waals surface area contributed by atoms with E-state index in [1.165, 1.54) is 0 Å². The number of carbonyl (C=O) groups excluding carboxylic acids is 2. The van der Waals surface area contributed by atoms with Crippen LogP contribution in [0.25, 0.3) is 27.8 Å². The molecule has 5 aromatic rings. The van der Waals surface area contributed by atoms with Gasteiger partial charge in [-0.05, 0) is 71.6 Å². The number of aromatic nitrogens is 1. The number of nitrogens with zero attached hydrogens (tertiary/aromatic N) is 1. The van der Waals surface area contributed by atoms with Gasteiger partial charge in [-0.2, -0.15) is 0 Å². The van der Waals surface area contributed by atoms with Gasteiger partial charge >= 0.3 is 0 Å². The molecule has 0 bridgehead atoms. The van der Waals surface area contributed by atoms with E-state index in [0.29, 0.717) is 13.0 Å². The third-order valence-electron chi connectivity index (χ3n) is 9.00. The molecule has 3 heterocycles. The number of carbonyl (C=O) groups is 2. The highest BCUT2D eigenvalue weighted by molar-refractivity contribution is 6.04. The number of H-pyrrole nitrogens is 1. The second kappa shape index (κ2) is 13.4. The molecule has 7 rings (SSSR count). The number of rotatable bonds is 9. The van der Waals surface area contributed by atoms with Crippen LogP contribution in [0.5, 0.6) is 0 Å². The van der Waals surface area contributed by atoms with Gasteiger partial charge in [-0.3, -0.25) is 14.6 Å². The summed E-state index contributed by atoms with van der Waals surface area (Å²) in [5.41, 5.74) is 4.32. The molecule has 1 saturated heterocycles. The third-order valence-corrected chi connectivity index (χ3v) is 9.00. The average Bonchev–Trinajstić information content (AvgIpc) is 3.76. The van der Waals surface area contributed by atoms with Crippen LogP contribution in [0, 0.1) is 5.92 Å². The van der Waals surface area contributed by atoms with E-state index in [1.54, 1.807) is 6.08 Å². The van der Waals surface area contributed by atoms with Crippen LogP contribution < -0.4 is 21.3 Å². The molecule has 4 aromatic carbocycles. The Kier molecular flexibility index (Phi) is 8.61. The monoisotopic (exact) mass is 610 g/mol. The molecule has 0 aliphatic carbocycles. The van der Waals surface area contributed by atoms with Gasteiger partial charge in [0.1, 0.15) is 11.5 Å². The number of amides is 2. The maximum atomic E-state index is 14.2. The van der Waals surface area contributed by atoms with Crippen molar-refractivity contribution in [2.45, 2.75) is 31.3 Å². The fourth-order valence-electron chi connectivity index (χ4n) is 6.46. The first-order valence-corrected chi connectivity index (χ1v) is 16.0. The zero-order chi connectivity index (χ0) is 31.3. The quantitative estimate of drug-likeness (QED) is 0.147. The van der Waals surface area contributed by atoms with Crippen LogP contribution in [-0.2, 0) is 16.0 Å². The Balaban J connectivity index is 1.19. The molecule has 0 saturated carbocycles. The average molecular weight is 611 g/mol. The summed E-state index contributed by atoms with van der Waals surface area (Å²) in [7, 11) is 0. The van der Waals surface area contributed by atoms with Crippen molar-refractivity contribution in [3.05, 3.63) is 126 Å². The largest absolute Gasteiger partial charge is 0.363 e. The van der Waals surface area contributed by atoms with Gasteiger partial charge in [0, 0.05) is 29.4 Å². The minimum atomic E-state index is -0.448. The fourth-order valence-corrected chi connectivity index (χ4v) is 6.46. The lowest BCUT2D eigenvalue weighted by Gasteiger charge is -2.24. The van der Waals surface area contributed by atoms with Gasteiger partial charge in [0.15, 0.2) is 0 Å². The molecule has 5 N–H and O–H groups in total. The Morgan fingerprint density at radius 1 is 0.891 bits per heavy atom. The Labute approximate surface area is 268 Å². The third kappa shape index (κ3) is 6.57. The van der Waals surface area contributed by atoms with Crippen molar-refractivity contribution in [1.29, 1.82) is 0 Å². The Hall–Kier alpha value is -5.21. The fraction of sp³-hybridized carbons (Fsp3) is 0.237. The summed E-state index contributed by atoms with van der Waals surface area (Å²) in [4.78, 5) is 35.9. The molecule has 1 unspecified atom stereocenters. The highest BCUT2D eigenvalue weighted by atomic mass is 16.2. The SMILES string of the molecule is O=C(N[C@H](Cc1c[nH]c2ccccc12)C1=NCC(c2ccccc2)N1)/C(=C\c1ccc2ccccc2c1)NC(=O)C1CCNCC1. The van der Waals surface area contributed by atoms with Crippen LogP contribution >= 0.6 is 0 Å². The van der Waals surface area contributed by atoms with E-state index in [0.717, 1.165) is 70.1 Å². The van der Waals surface area contributed by atoms with E-state index in [2.05, 4.69) is 50.5 Å². The van der Waals surface area contributed by atoms with Crippen molar-refractivity contribution < 1.29 is 9.59 Å². The van der Waals surface area contributed by atoms with Gasteiger partial charge in [0.05, 0.1) is 18.6 Å². The summed E-state index contributed by atoms with van der Waals surface area (Å²) in [5.74, 6) is 0.0936. The lowest BCUT2D eigenvalue weighted by molar-refractivity contribution is -0.127. The first-order chi connectivity index (χ1) is 22.6. The summed E-state index contributed by atoms with van der Waals surface area (Å²) in [5, 5.41) is 16.5. The smallest absolute Gasteiger partial charge is 0.268 e. The molecular weight excluding hydrogens is 572 g/mol. The summed E-state index contributed by atoms with van der Waals surface area (Å²) >= 11 is 0. The van der Waals surface area contributed by atoms with Crippen molar-refractivity contribution >= 4 is 45.4 Å². The molecular formula is C38H38N6O2. The lowest BCUT2D eigenvalue weighted by atomic mass is 9.97. The van der Waals surface area contributed by atoms with Crippen molar-refractivity contribution in [1.82, 2.24) is 26.3 Å². The predicted octanol–water partition coefficient (Wildman–Crippen LogP) is 5.25. The highest BCUT2D eigenvalue weighted by Gasteiger charge is 2.30. The van der Waals surface area contributed by atoms with Crippen molar-refractivity contribution in [2.75, 3.05) is 19.6 Å². The predicted molar refractivity (Wildman–Crippen MR) is 184 cm³/mol. The highest BCUT2D eigenvalue weighted by Crippen LogP contribution is 2.23. The van der Waals surface area contributed by atoms with Crippen LogP contribution in [0.3, 0.4) is 0 Å². The van der Waals surface area contributed by atoms with E-state index in [9.17, 15) is 9.59 Å². The number of fused-ring (bicyclic) bond motifs is 2. The van der Waals surface area contributed by atoms with E-state index in [-0.39, 0.29) is 29.5 Å². The maximum absolute atomic E-state index is 14.2. The summed E-state index contributed by atoms with van der Waals surface area (Å²) in [6.45, 7) is 2.15. The van der Waals surface area contributed by atoms with Crippen molar-refractivity contribution in [2.24, 2.45) is 10.9 Å². The van der Waals surface area contributed by atoms with Crippen LogP contribution in [0.2, 0.25) is 0 Å². The van der Waals surface area contributed by atoms with Crippen molar-refractivity contribution in [3.8, 4) is 0 Å². The normalized spacial score (nSPS) is 17.8. The summed E-state index contributed by atoms with van der Waals surface area (Å²) in [6.07, 6.45) is 5.77. The molecule has 1 fully saturated rings. The molecule has 0 radical (unpaired) electrons. The van der Waals surface area contributed by atoms with E-state index >= 15 is 0 Å². The Morgan fingerprint density at radius 2 is 1.65 bits per heavy atom. The zero-order valence-corrected chi connectivity index (χ0v) is 25.6. The zero-order valence-electron chi connectivity index (χ0n) is 25.6. The number of aliphatic imine (C=N–C) groups is 1. The first kappa shape index (κ1) is 29.5. The second-order valence-electron chi connectivity index (χ2n) is 12.1. The Bertz CT molecular complexity index is 1920. The van der Waals surface area contributed by atoms with Gasteiger partial charge in [-0.25, -0.2) is 0 Å². The van der Waals surface area contributed by atoms with Gasteiger partial charge in [0.25, 0.3) is 5.91 Å². The molecule has 1 aromatic heterocycles. The van der Waals surface area contributed by atoms with Gasteiger partial charge in [-0.1, -0.05) is 84.9 Å². The van der Waals surface area contributed by atoms with Crippen LogP contribution in [0.4, 0.5) is 0 Å². The number of hydrogen-bond acceptors (Lipinski definition) is 5. The molecule has 232 valence electrons. The van der Waals surface area contributed by atoms with E-state index < -0.39 is 6.04 Å². The standard InChI is InChI=1S/C38H38N6O2/c45-37(28-16-18-39-19-17-28)44-34(21-25-14-15-26-8-4-5-11-29(26)20-25)38(46)43-33(22-30-23-40-32-13-7-6-12-31(30)32)36-41-24-35(42-36)27-9-2-1-3-10-27/h1-15,20-21,23,28,33,35,39-40H,16-19,22,24H2,(H,41,42)(H,43,46)(H,44,45)/b34-21+/t33-,35?/m1/s1. The van der Waals surface area contributed by atoms with Crippen LogP contribution in [0.1, 0.15) is 35.6 Å². The van der Waals surface area contributed by atoms with Gasteiger partial charge in [0.2, 0.25) is 5.91 Å². The number of nitrogens with one attached hydrogen (secondary N) is 5. The number of piperidine rings is 1. The lowest BCUT2D eigenvalue weighted by Crippen LogP contribution is -2.49. The summed E-state index contributed by atoms with van der Waals surface area (Å²) in [6, 6.07) is 32.1. The van der Waals surface area contributed by atoms with Crippen LogP contribution in [0.15, 0.2) is 114 Å².